The van der Waals surface area contributed by atoms with Gasteiger partial charge in [-0.2, -0.15) is 4.99 Å². The Morgan fingerprint density at radius 3 is 2.62 bits per heavy atom. The first-order valence-electron chi connectivity index (χ1n) is 13.0. The Labute approximate surface area is 229 Å². The van der Waals surface area contributed by atoms with E-state index >= 15 is 0 Å². The van der Waals surface area contributed by atoms with Crippen molar-refractivity contribution in [2.45, 2.75) is 39.3 Å². The monoisotopic (exact) mass is 546 g/mol. The fourth-order valence-corrected chi connectivity index (χ4v) is 4.86. The van der Waals surface area contributed by atoms with E-state index in [1.807, 2.05) is 13.0 Å². The first kappa shape index (κ1) is 27.1. The molecule has 1 aromatic carbocycles. The molecule has 1 saturated heterocycles. The van der Waals surface area contributed by atoms with Crippen molar-refractivity contribution in [3.63, 3.8) is 0 Å². The quantitative estimate of drug-likeness (QED) is 0.256. The lowest BCUT2D eigenvalue weighted by molar-refractivity contribution is 0.0521. The van der Waals surface area contributed by atoms with E-state index in [1.165, 1.54) is 30.8 Å². The number of amides is 1. The molecular weight excluding hydrogens is 516 g/mol. The molecule has 11 heteroatoms. The Bertz CT molecular complexity index is 1750. The summed E-state index contributed by atoms with van der Waals surface area (Å²) in [7, 11) is 2.97. The van der Waals surface area contributed by atoms with Crippen molar-refractivity contribution in [2.75, 3.05) is 27.4 Å². The lowest BCUT2D eigenvalue weighted by atomic mass is 10.1. The van der Waals surface area contributed by atoms with E-state index < -0.39 is 11.9 Å². The zero-order valence-corrected chi connectivity index (χ0v) is 22.8. The number of esters is 1. The Kier molecular flexibility index (Phi) is 7.65. The molecule has 1 amide bonds. The van der Waals surface area contributed by atoms with Crippen LogP contribution in [0.3, 0.4) is 0 Å². The van der Waals surface area contributed by atoms with Crippen molar-refractivity contribution in [3.8, 4) is 11.5 Å². The summed E-state index contributed by atoms with van der Waals surface area (Å²) in [6, 6.07) is 9.70. The second kappa shape index (κ2) is 11.3. The lowest BCUT2D eigenvalue weighted by Crippen LogP contribution is -2.35. The third-order valence-electron chi connectivity index (χ3n) is 6.85. The molecule has 1 atom stereocenters. The summed E-state index contributed by atoms with van der Waals surface area (Å²) in [5.41, 5.74) is 1.42. The smallest absolute Gasteiger partial charge is 0.341 e. The molecule has 0 N–H and O–H groups in total. The second-order valence-electron chi connectivity index (χ2n) is 9.37. The minimum Gasteiger partial charge on any atom is -0.493 e. The average molecular weight is 547 g/mol. The molecule has 1 unspecified atom stereocenters. The van der Waals surface area contributed by atoms with E-state index in [4.69, 9.17) is 23.9 Å². The highest BCUT2D eigenvalue weighted by molar-refractivity contribution is 5.97. The van der Waals surface area contributed by atoms with Gasteiger partial charge in [-0.25, -0.2) is 9.78 Å². The number of pyridine rings is 2. The van der Waals surface area contributed by atoms with Crippen LogP contribution in [0, 0.1) is 6.92 Å². The molecule has 0 saturated carbocycles. The van der Waals surface area contributed by atoms with E-state index in [9.17, 15) is 14.4 Å². The molecule has 0 aliphatic carbocycles. The SMILES string of the molecule is CCOC(=O)c1cc2c(=O)n3cccc(C)c3nc2n(CC2CCCO2)c1=NC(=O)c1ccc(OC)c(OC)c1. The normalized spacial score (nSPS) is 15.5. The van der Waals surface area contributed by atoms with Gasteiger partial charge in [-0.3, -0.25) is 14.0 Å². The molecular formula is C29H30N4O7. The Hall–Kier alpha value is -4.51. The maximum Gasteiger partial charge on any atom is 0.341 e. The third kappa shape index (κ3) is 4.95. The van der Waals surface area contributed by atoms with E-state index in [-0.39, 0.29) is 46.8 Å². The number of hydrogen-bond acceptors (Lipinski definition) is 8. The van der Waals surface area contributed by atoms with Crippen LogP contribution in [0.25, 0.3) is 16.7 Å². The fourth-order valence-electron chi connectivity index (χ4n) is 4.86. The predicted octanol–water partition coefficient (Wildman–Crippen LogP) is 3.07. The van der Waals surface area contributed by atoms with Crippen LogP contribution >= 0.6 is 0 Å². The van der Waals surface area contributed by atoms with Gasteiger partial charge < -0.3 is 23.5 Å². The van der Waals surface area contributed by atoms with E-state index in [2.05, 4.69) is 4.99 Å². The molecule has 1 aliphatic rings. The number of aromatic nitrogens is 3. The third-order valence-corrected chi connectivity index (χ3v) is 6.85. The number of aryl methyl sites for hydroxylation is 1. The van der Waals surface area contributed by atoms with E-state index in [0.717, 1.165) is 18.4 Å². The molecule has 0 spiro atoms. The Balaban J connectivity index is 1.84. The molecule has 3 aromatic heterocycles. The van der Waals surface area contributed by atoms with Crippen LogP contribution < -0.4 is 20.5 Å². The van der Waals surface area contributed by atoms with Gasteiger partial charge >= 0.3 is 5.97 Å². The minimum absolute atomic E-state index is 0.0207. The van der Waals surface area contributed by atoms with Crippen LogP contribution in [0.5, 0.6) is 11.5 Å². The maximum atomic E-state index is 13.7. The summed E-state index contributed by atoms with van der Waals surface area (Å²) >= 11 is 0. The lowest BCUT2D eigenvalue weighted by Gasteiger charge is -2.18. The predicted molar refractivity (Wildman–Crippen MR) is 146 cm³/mol. The van der Waals surface area contributed by atoms with Gasteiger partial charge in [0.25, 0.3) is 11.5 Å². The standard InChI is InChI=1S/C29H30N4O7/c1-5-39-29(36)21-15-20-25(30-24-17(2)8-6-12-32(24)28(20)35)33(16-19-9-7-13-40-19)26(21)31-27(34)18-10-11-22(37-3)23(14-18)38-4/h6,8,10-12,14-15,19H,5,7,9,13,16H2,1-4H3. The van der Waals surface area contributed by atoms with Crippen LogP contribution in [0.4, 0.5) is 0 Å². The van der Waals surface area contributed by atoms with Crippen LogP contribution in [-0.2, 0) is 16.0 Å². The maximum absolute atomic E-state index is 13.7. The molecule has 208 valence electrons. The summed E-state index contributed by atoms with van der Waals surface area (Å²) in [5.74, 6) is -0.521. The van der Waals surface area contributed by atoms with Crippen LogP contribution in [0.1, 0.15) is 46.0 Å². The highest BCUT2D eigenvalue weighted by Crippen LogP contribution is 2.28. The fraction of sp³-hybridized carbons (Fsp3) is 0.345. The summed E-state index contributed by atoms with van der Waals surface area (Å²) in [6.45, 7) is 4.46. The summed E-state index contributed by atoms with van der Waals surface area (Å²) in [5, 5.41) is 0.196. The van der Waals surface area contributed by atoms with Crippen LogP contribution in [0.2, 0.25) is 0 Å². The van der Waals surface area contributed by atoms with Gasteiger partial charge in [-0.15, -0.1) is 0 Å². The van der Waals surface area contributed by atoms with Crippen molar-refractivity contribution >= 4 is 28.6 Å². The number of methoxy groups -OCH3 is 2. The molecule has 4 heterocycles. The summed E-state index contributed by atoms with van der Waals surface area (Å²) in [6.07, 6.45) is 3.06. The molecule has 5 rings (SSSR count). The molecule has 0 radical (unpaired) electrons. The van der Waals surface area contributed by atoms with E-state index in [0.29, 0.717) is 29.4 Å². The molecule has 1 aliphatic heterocycles. The van der Waals surface area contributed by atoms with Gasteiger partial charge in [0, 0.05) is 18.4 Å². The zero-order valence-electron chi connectivity index (χ0n) is 22.8. The molecule has 1 fully saturated rings. The number of carbonyl (C=O) groups is 2. The minimum atomic E-state index is -0.710. The second-order valence-corrected chi connectivity index (χ2v) is 9.37. The summed E-state index contributed by atoms with van der Waals surface area (Å²) < 4.78 is 24.9. The van der Waals surface area contributed by atoms with Crippen molar-refractivity contribution in [1.29, 1.82) is 0 Å². The molecule has 40 heavy (non-hydrogen) atoms. The topological polar surface area (TPSA) is 123 Å². The number of fused-ring (bicyclic) bond motifs is 2. The van der Waals surface area contributed by atoms with Crippen molar-refractivity contribution < 1.29 is 28.5 Å². The van der Waals surface area contributed by atoms with E-state index in [1.54, 1.807) is 35.9 Å². The Morgan fingerprint density at radius 2 is 1.93 bits per heavy atom. The molecule has 11 nitrogen and oxygen atoms in total. The summed E-state index contributed by atoms with van der Waals surface area (Å²) in [4.78, 5) is 49.6. The van der Waals surface area contributed by atoms with Gasteiger partial charge in [0.1, 0.15) is 16.9 Å². The first-order chi connectivity index (χ1) is 19.4. The zero-order chi connectivity index (χ0) is 28.4. The number of ether oxygens (including phenoxy) is 4. The number of benzene rings is 1. The Morgan fingerprint density at radius 1 is 1.12 bits per heavy atom. The number of nitrogens with zero attached hydrogens (tertiary/aromatic N) is 4. The highest BCUT2D eigenvalue weighted by atomic mass is 16.5. The molecule has 0 bridgehead atoms. The number of carbonyl (C=O) groups excluding carboxylic acids is 2. The first-order valence-corrected chi connectivity index (χ1v) is 13.0. The highest BCUT2D eigenvalue weighted by Gasteiger charge is 2.24. The van der Waals surface area contributed by atoms with Crippen LogP contribution in [0.15, 0.2) is 52.4 Å². The number of hydrogen-bond donors (Lipinski definition) is 0. The van der Waals surface area contributed by atoms with Gasteiger partial charge in [0.2, 0.25) is 0 Å². The van der Waals surface area contributed by atoms with Gasteiger partial charge in [0.05, 0.1) is 38.9 Å². The van der Waals surface area contributed by atoms with Crippen molar-refractivity contribution in [2.24, 2.45) is 4.99 Å². The number of rotatable bonds is 7. The van der Waals surface area contributed by atoms with Gasteiger partial charge in [-0.1, -0.05) is 6.07 Å². The molecule has 4 aromatic rings. The van der Waals surface area contributed by atoms with Crippen LogP contribution in [-0.4, -0.2) is 59.4 Å². The van der Waals surface area contributed by atoms with Crippen molar-refractivity contribution in [3.05, 3.63) is 75.1 Å². The largest absolute Gasteiger partial charge is 0.493 e. The van der Waals surface area contributed by atoms with Crippen molar-refractivity contribution in [1.82, 2.24) is 14.0 Å². The van der Waals surface area contributed by atoms with Gasteiger partial charge in [-0.05, 0) is 62.6 Å². The van der Waals surface area contributed by atoms with Gasteiger partial charge in [0.15, 0.2) is 17.0 Å². The average Bonchev–Trinajstić information content (AvgIpc) is 3.48.